The van der Waals surface area contributed by atoms with Crippen molar-refractivity contribution in [1.82, 2.24) is 13.8 Å². The fourth-order valence-electron chi connectivity index (χ4n) is 2.93. The Bertz CT molecular complexity index is 965. The van der Waals surface area contributed by atoms with Gasteiger partial charge in [0.2, 0.25) is 15.9 Å². The number of amides is 1. The molecule has 136 valence electrons. The minimum atomic E-state index is -3.69. The summed E-state index contributed by atoms with van der Waals surface area (Å²) >= 11 is 0. The molecule has 1 aromatic heterocycles. The largest absolute Gasteiger partial charge is 0.419 e. The topological polar surface area (TPSA) is 92.8 Å². The number of benzene rings is 1. The number of hydrogen-bond acceptors (Lipinski definition) is 5. The monoisotopic (exact) mass is 367 g/mol. The van der Waals surface area contributed by atoms with E-state index < -0.39 is 15.8 Å². The van der Waals surface area contributed by atoms with Crippen molar-refractivity contribution < 1.29 is 17.6 Å². The molecule has 25 heavy (non-hydrogen) atoms. The number of nitrogens with zero attached hydrogens (tertiary/aromatic N) is 3. The molecule has 1 aliphatic rings. The molecule has 0 unspecified atom stereocenters. The number of oxazole rings is 1. The van der Waals surface area contributed by atoms with E-state index >= 15 is 0 Å². The first-order chi connectivity index (χ1) is 11.7. The minimum absolute atomic E-state index is 0.0341. The number of aryl methyl sites for hydroxylation is 1. The number of hydrogen-bond donors (Lipinski definition) is 0. The molecule has 1 saturated heterocycles. The molecule has 0 aliphatic carbocycles. The number of carbonyl (C=O) groups excluding carboxylic acids is 1. The van der Waals surface area contributed by atoms with Gasteiger partial charge >= 0.3 is 5.76 Å². The van der Waals surface area contributed by atoms with Crippen molar-refractivity contribution in [2.75, 3.05) is 26.2 Å². The zero-order chi connectivity index (χ0) is 18.4. The Labute approximate surface area is 145 Å². The molecule has 1 aromatic carbocycles. The van der Waals surface area contributed by atoms with Crippen LogP contribution in [0.1, 0.15) is 13.8 Å². The van der Waals surface area contributed by atoms with Gasteiger partial charge in [0.05, 0.1) is 10.4 Å². The summed E-state index contributed by atoms with van der Waals surface area (Å²) in [6.45, 7) is 4.92. The summed E-state index contributed by atoms with van der Waals surface area (Å²) < 4.78 is 33.4. The van der Waals surface area contributed by atoms with E-state index in [9.17, 15) is 18.0 Å². The third-order valence-electron chi connectivity index (χ3n) is 4.44. The van der Waals surface area contributed by atoms with Crippen LogP contribution in [0.4, 0.5) is 0 Å². The van der Waals surface area contributed by atoms with Crippen molar-refractivity contribution in [3.8, 4) is 0 Å². The van der Waals surface area contributed by atoms with Crippen LogP contribution in [0, 0.1) is 5.92 Å². The predicted octanol–water partition coefficient (Wildman–Crippen LogP) is 0.620. The van der Waals surface area contributed by atoms with Gasteiger partial charge in [-0.1, -0.05) is 13.8 Å². The van der Waals surface area contributed by atoms with E-state index in [2.05, 4.69) is 0 Å². The summed E-state index contributed by atoms with van der Waals surface area (Å²) in [4.78, 5) is 25.4. The molecule has 0 atom stereocenters. The van der Waals surface area contributed by atoms with Crippen LogP contribution in [-0.4, -0.2) is 54.3 Å². The quantitative estimate of drug-likeness (QED) is 0.793. The maximum Gasteiger partial charge on any atom is 0.419 e. The van der Waals surface area contributed by atoms with Gasteiger partial charge in [0.15, 0.2) is 5.58 Å². The van der Waals surface area contributed by atoms with Crippen molar-refractivity contribution in [3.63, 3.8) is 0 Å². The Morgan fingerprint density at radius 1 is 1.16 bits per heavy atom. The maximum atomic E-state index is 12.9. The summed E-state index contributed by atoms with van der Waals surface area (Å²) in [5.41, 5.74) is 0.776. The van der Waals surface area contributed by atoms with Gasteiger partial charge in [-0.25, -0.2) is 13.2 Å². The number of carbonyl (C=O) groups is 1. The molecular weight excluding hydrogens is 346 g/mol. The molecule has 0 radical (unpaired) electrons. The predicted molar refractivity (Wildman–Crippen MR) is 91.6 cm³/mol. The summed E-state index contributed by atoms with van der Waals surface area (Å²) in [6, 6.07) is 4.37. The van der Waals surface area contributed by atoms with Crippen LogP contribution < -0.4 is 5.76 Å². The molecule has 0 saturated carbocycles. The van der Waals surface area contributed by atoms with E-state index in [0.717, 1.165) is 0 Å². The lowest BCUT2D eigenvalue weighted by atomic mass is 10.2. The van der Waals surface area contributed by atoms with E-state index in [1.165, 1.54) is 34.1 Å². The highest BCUT2D eigenvalue weighted by Crippen LogP contribution is 2.22. The number of aromatic nitrogens is 1. The fourth-order valence-corrected chi connectivity index (χ4v) is 4.37. The van der Waals surface area contributed by atoms with Crippen LogP contribution in [0.25, 0.3) is 11.1 Å². The molecule has 8 nitrogen and oxygen atoms in total. The molecule has 9 heteroatoms. The Morgan fingerprint density at radius 3 is 2.40 bits per heavy atom. The van der Waals surface area contributed by atoms with Gasteiger partial charge in [-0.3, -0.25) is 9.36 Å². The molecule has 0 bridgehead atoms. The van der Waals surface area contributed by atoms with Crippen LogP contribution in [-0.2, 0) is 21.9 Å². The number of piperazine rings is 1. The standard InChI is InChI=1S/C16H21N3O5S/c1-11(2)15(20)18-6-8-19(9-7-18)25(22,23)12-4-5-14-13(10-12)17(3)16(21)24-14/h4-5,10-11H,6-9H2,1-3H3. The van der Waals surface area contributed by atoms with Gasteiger partial charge in [0.1, 0.15) is 0 Å². The first kappa shape index (κ1) is 17.7. The summed E-state index contributed by atoms with van der Waals surface area (Å²) in [5.74, 6) is -0.606. The van der Waals surface area contributed by atoms with Gasteiger partial charge in [0, 0.05) is 39.1 Å². The minimum Gasteiger partial charge on any atom is -0.408 e. The zero-order valence-corrected chi connectivity index (χ0v) is 15.2. The van der Waals surface area contributed by atoms with Crippen molar-refractivity contribution in [3.05, 3.63) is 28.7 Å². The lowest BCUT2D eigenvalue weighted by Crippen LogP contribution is -2.51. The summed E-state index contributed by atoms with van der Waals surface area (Å²) in [6.07, 6.45) is 0. The lowest BCUT2D eigenvalue weighted by Gasteiger charge is -2.34. The number of rotatable bonds is 3. The second-order valence-corrected chi connectivity index (χ2v) is 8.38. The Balaban J connectivity index is 1.84. The van der Waals surface area contributed by atoms with E-state index in [1.54, 1.807) is 4.90 Å². The van der Waals surface area contributed by atoms with Crippen molar-refractivity contribution in [2.24, 2.45) is 13.0 Å². The zero-order valence-electron chi connectivity index (χ0n) is 14.4. The maximum absolute atomic E-state index is 12.9. The summed E-state index contributed by atoms with van der Waals surface area (Å²) in [7, 11) is -2.16. The normalized spacial score (nSPS) is 16.7. The molecule has 1 fully saturated rings. The Kier molecular flexibility index (Phi) is 4.46. The van der Waals surface area contributed by atoms with Crippen molar-refractivity contribution in [2.45, 2.75) is 18.7 Å². The second kappa shape index (κ2) is 6.30. The summed E-state index contributed by atoms with van der Waals surface area (Å²) in [5, 5.41) is 0. The second-order valence-electron chi connectivity index (χ2n) is 6.44. The van der Waals surface area contributed by atoms with Crippen molar-refractivity contribution in [1.29, 1.82) is 0 Å². The molecule has 1 amide bonds. The Morgan fingerprint density at radius 2 is 1.80 bits per heavy atom. The average Bonchev–Trinajstić information content (AvgIpc) is 2.88. The van der Waals surface area contributed by atoms with Gasteiger partial charge in [-0.05, 0) is 18.2 Å². The highest BCUT2D eigenvalue weighted by molar-refractivity contribution is 7.89. The van der Waals surface area contributed by atoms with Crippen LogP contribution in [0.2, 0.25) is 0 Å². The average molecular weight is 367 g/mol. The Hall–Kier alpha value is -2.13. The van der Waals surface area contributed by atoms with Gasteiger partial charge in [-0.15, -0.1) is 0 Å². The van der Waals surface area contributed by atoms with Crippen LogP contribution in [0.3, 0.4) is 0 Å². The molecule has 3 rings (SSSR count). The molecular formula is C16H21N3O5S. The first-order valence-electron chi connectivity index (χ1n) is 8.10. The molecule has 1 aliphatic heterocycles. The van der Waals surface area contributed by atoms with Crippen LogP contribution >= 0.6 is 0 Å². The van der Waals surface area contributed by atoms with Gasteiger partial charge in [-0.2, -0.15) is 4.31 Å². The number of sulfonamides is 1. The first-order valence-corrected chi connectivity index (χ1v) is 9.54. The van der Waals surface area contributed by atoms with Crippen LogP contribution in [0.5, 0.6) is 0 Å². The highest BCUT2D eigenvalue weighted by Gasteiger charge is 2.31. The van der Waals surface area contributed by atoms with E-state index in [4.69, 9.17) is 4.42 Å². The highest BCUT2D eigenvalue weighted by atomic mass is 32.2. The third kappa shape index (κ3) is 3.09. The van der Waals surface area contributed by atoms with Gasteiger partial charge < -0.3 is 9.32 Å². The fraction of sp³-hybridized carbons (Fsp3) is 0.500. The van der Waals surface area contributed by atoms with Gasteiger partial charge in [0.25, 0.3) is 0 Å². The van der Waals surface area contributed by atoms with E-state index in [0.29, 0.717) is 24.2 Å². The number of fused-ring (bicyclic) bond motifs is 1. The van der Waals surface area contributed by atoms with Crippen LogP contribution in [0.15, 0.2) is 32.3 Å². The molecule has 0 spiro atoms. The molecule has 0 N–H and O–H groups in total. The third-order valence-corrected chi connectivity index (χ3v) is 6.34. The smallest absolute Gasteiger partial charge is 0.408 e. The van der Waals surface area contributed by atoms with E-state index in [-0.39, 0.29) is 29.8 Å². The van der Waals surface area contributed by atoms with Crippen molar-refractivity contribution >= 4 is 27.0 Å². The molecule has 2 heterocycles. The molecule has 2 aromatic rings. The lowest BCUT2D eigenvalue weighted by molar-refractivity contribution is -0.135. The van der Waals surface area contributed by atoms with E-state index in [1.807, 2.05) is 13.8 Å². The SMILES string of the molecule is CC(C)C(=O)N1CCN(S(=O)(=O)c2ccc3oc(=O)n(C)c3c2)CC1.